The summed E-state index contributed by atoms with van der Waals surface area (Å²) in [6.07, 6.45) is -0.998. The fourth-order valence-corrected chi connectivity index (χ4v) is 6.50. The Kier molecular flexibility index (Phi) is 6.89. The van der Waals surface area contributed by atoms with Crippen molar-refractivity contribution in [2.24, 2.45) is 0 Å². The Hall–Kier alpha value is -3.96. The summed E-state index contributed by atoms with van der Waals surface area (Å²) < 4.78 is 24.4. The maximum absolute atomic E-state index is 14.2. The molecule has 10 heteroatoms. The van der Waals surface area contributed by atoms with Crippen LogP contribution < -0.4 is 20.8 Å². The summed E-state index contributed by atoms with van der Waals surface area (Å²) in [7, 11) is 0. The summed E-state index contributed by atoms with van der Waals surface area (Å²) in [6.45, 7) is 9.57. The monoisotopic (exact) mass is 584 g/mol. The van der Waals surface area contributed by atoms with Gasteiger partial charge in [-0.3, -0.25) is 4.79 Å². The largest absolute Gasteiger partial charge is 0.457 e. The fraction of sp³-hybridized carbons (Fsp3) is 0.394. The molecule has 43 heavy (non-hydrogen) atoms. The molecule has 0 aliphatic carbocycles. The van der Waals surface area contributed by atoms with Crippen LogP contribution in [0, 0.1) is 0 Å². The van der Waals surface area contributed by atoms with Crippen molar-refractivity contribution in [3.8, 4) is 11.5 Å². The number of nitrogens with one attached hydrogen (secondary N) is 3. The van der Waals surface area contributed by atoms with E-state index in [0.29, 0.717) is 43.4 Å². The quantitative estimate of drug-likeness (QED) is 0.418. The van der Waals surface area contributed by atoms with Crippen LogP contribution in [0.3, 0.4) is 0 Å². The molecule has 0 saturated carbocycles. The Bertz CT molecular complexity index is 1500. The first-order chi connectivity index (χ1) is 20.8. The molecule has 1 spiro atoms. The molecule has 2 fully saturated rings. The van der Waals surface area contributed by atoms with E-state index >= 15 is 0 Å². The first kappa shape index (κ1) is 27.8. The number of hydrogen-bond acceptors (Lipinski definition) is 8. The lowest BCUT2D eigenvalue weighted by molar-refractivity contribution is 0.0178. The van der Waals surface area contributed by atoms with Gasteiger partial charge in [-0.2, -0.15) is 0 Å². The van der Waals surface area contributed by atoms with Crippen LogP contribution in [0.2, 0.25) is 0 Å². The molecule has 2 amide bonds. The van der Waals surface area contributed by atoms with Gasteiger partial charge in [-0.25, -0.2) is 15.2 Å². The summed E-state index contributed by atoms with van der Waals surface area (Å²) in [5.41, 5.74) is 5.46. The predicted molar refractivity (Wildman–Crippen MR) is 158 cm³/mol. The molecule has 3 aromatic carbocycles. The van der Waals surface area contributed by atoms with Crippen LogP contribution in [0.1, 0.15) is 71.2 Å². The summed E-state index contributed by atoms with van der Waals surface area (Å²) in [4.78, 5) is 27.5. The molecule has 0 aromatic heterocycles. The zero-order valence-electron chi connectivity index (χ0n) is 24.6. The second-order valence-electron chi connectivity index (χ2n) is 12.3. The second kappa shape index (κ2) is 10.6. The van der Waals surface area contributed by atoms with E-state index in [1.807, 2.05) is 54.6 Å². The van der Waals surface area contributed by atoms with E-state index in [0.717, 1.165) is 40.9 Å². The minimum Gasteiger partial charge on any atom is -0.457 e. The Morgan fingerprint density at radius 2 is 1.47 bits per heavy atom. The SMILES string of the molecule is CC(C)(C)OC(=O)NN1C(=O)c2ccccc2C12c1ccc(C3CNCCO3)cc1Oc1cc(C3CNCCO3)ccc12. The lowest BCUT2D eigenvalue weighted by Crippen LogP contribution is -2.56. The molecule has 4 aliphatic rings. The molecule has 10 nitrogen and oxygen atoms in total. The summed E-state index contributed by atoms with van der Waals surface area (Å²) >= 11 is 0. The van der Waals surface area contributed by atoms with Crippen molar-refractivity contribution in [2.75, 3.05) is 39.4 Å². The highest BCUT2D eigenvalue weighted by atomic mass is 16.6. The van der Waals surface area contributed by atoms with Crippen LogP contribution in [0.15, 0.2) is 60.7 Å². The third-order valence-electron chi connectivity index (χ3n) is 8.30. The van der Waals surface area contributed by atoms with E-state index in [1.165, 1.54) is 5.01 Å². The molecule has 224 valence electrons. The van der Waals surface area contributed by atoms with Crippen molar-refractivity contribution < 1.29 is 28.5 Å². The number of carbonyl (C=O) groups excluding carboxylic acids is 2. The van der Waals surface area contributed by atoms with Crippen LogP contribution in [-0.2, 0) is 19.7 Å². The normalized spacial score (nSPS) is 24.5. The molecule has 2 unspecified atom stereocenters. The highest BCUT2D eigenvalue weighted by molar-refractivity contribution is 6.03. The molecule has 4 heterocycles. The van der Waals surface area contributed by atoms with Crippen molar-refractivity contribution in [3.05, 3.63) is 94.0 Å². The van der Waals surface area contributed by atoms with Gasteiger partial charge in [0.25, 0.3) is 5.91 Å². The van der Waals surface area contributed by atoms with Crippen LogP contribution in [0.4, 0.5) is 4.79 Å². The smallest absolute Gasteiger partial charge is 0.426 e. The Morgan fingerprint density at radius 3 is 2.00 bits per heavy atom. The predicted octanol–water partition coefficient (Wildman–Crippen LogP) is 4.30. The summed E-state index contributed by atoms with van der Waals surface area (Å²) in [5, 5.41) is 8.18. The van der Waals surface area contributed by atoms with Gasteiger partial charge in [-0.05, 0) is 50.1 Å². The highest BCUT2D eigenvalue weighted by Crippen LogP contribution is 2.57. The van der Waals surface area contributed by atoms with Gasteiger partial charge >= 0.3 is 6.09 Å². The van der Waals surface area contributed by atoms with Gasteiger partial charge in [0.05, 0.1) is 25.4 Å². The number of amides is 2. The fourth-order valence-electron chi connectivity index (χ4n) is 6.50. The maximum atomic E-state index is 14.2. The van der Waals surface area contributed by atoms with Crippen LogP contribution >= 0.6 is 0 Å². The van der Waals surface area contributed by atoms with Crippen molar-refractivity contribution in [3.63, 3.8) is 0 Å². The van der Waals surface area contributed by atoms with Crippen molar-refractivity contribution in [1.82, 2.24) is 21.1 Å². The molecule has 7 rings (SSSR count). The minimum absolute atomic E-state index is 0.137. The Labute approximate surface area is 250 Å². The van der Waals surface area contributed by atoms with Gasteiger partial charge in [0.2, 0.25) is 0 Å². The zero-order chi connectivity index (χ0) is 29.8. The lowest BCUT2D eigenvalue weighted by Gasteiger charge is -2.44. The number of carbonyl (C=O) groups is 2. The topological polar surface area (TPSA) is 110 Å². The van der Waals surface area contributed by atoms with Gasteiger partial charge in [0.1, 0.15) is 22.6 Å². The van der Waals surface area contributed by atoms with E-state index in [4.69, 9.17) is 18.9 Å². The van der Waals surface area contributed by atoms with Crippen molar-refractivity contribution in [2.45, 2.75) is 44.1 Å². The Balaban J connectivity index is 1.43. The Morgan fingerprint density at radius 1 is 0.884 bits per heavy atom. The average molecular weight is 585 g/mol. The van der Waals surface area contributed by atoms with Crippen LogP contribution in [0.25, 0.3) is 0 Å². The van der Waals surface area contributed by atoms with Gasteiger partial charge in [-0.1, -0.05) is 42.5 Å². The highest BCUT2D eigenvalue weighted by Gasteiger charge is 2.57. The number of nitrogens with zero attached hydrogens (tertiary/aromatic N) is 1. The van der Waals surface area contributed by atoms with Gasteiger partial charge in [0.15, 0.2) is 0 Å². The zero-order valence-corrected chi connectivity index (χ0v) is 24.6. The van der Waals surface area contributed by atoms with Gasteiger partial charge in [-0.15, -0.1) is 0 Å². The molecule has 3 aromatic rings. The van der Waals surface area contributed by atoms with E-state index in [-0.39, 0.29) is 18.1 Å². The molecule has 0 bridgehead atoms. The molecular weight excluding hydrogens is 548 g/mol. The van der Waals surface area contributed by atoms with E-state index < -0.39 is 17.2 Å². The van der Waals surface area contributed by atoms with Gasteiger partial charge < -0.3 is 29.6 Å². The number of morpholine rings is 2. The number of hydrogen-bond donors (Lipinski definition) is 3. The number of rotatable bonds is 3. The van der Waals surface area contributed by atoms with Crippen LogP contribution in [0.5, 0.6) is 11.5 Å². The van der Waals surface area contributed by atoms with Gasteiger partial charge in [0, 0.05) is 48.4 Å². The van der Waals surface area contributed by atoms with Crippen molar-refractivity contribution >= 4 is 12.0 Å². The first-order valence-electron chi connectivity index (χ1n) is 14.8. The lowest BCUT2D eigenvalue weighted by atomic mass is 9.74. The summed E-state index contributed by atoms with van der Waals surface area (Å²) in [5.74, 6) is 0.826. The molecule has 4 aliphatic heterocycles. The number of fused-ring (bicyclic) bond motifs is 6. The van der Waals surface area contributed by atoms with Crippen molar-refractivity contribution in [1.29, 1.82) is 0 Å². The average Bonchev–Trinajstić information content (AvgIpc) is 3.24. The molecule has 2 atom stereocenters. The minimum atomic E-state index is -1.22. The number of hydrazine groups is 1. The molecular formula is C33H36N4O6. The number of benzene rings is 3. The van der Waals surface area contributed by atoms with E-state index in [9.17, 15) is 9.59 Å². The third kappa shape index (κ3) is 4.75. The first-order valence-corrected chi connectivity index (χ1v) is 14.8. The standard InChI is InChI=1S/C33H36N4O6/c1-32(2,3)43-31(39)36-37-30(38)22-6-4-5-7-23(22)33(37)24-10-8-20(28-18-34-12-14-40-28)16-26(24)42-27-17-21(9-11-25(27)33)29-19-35-13-15-41-29/h4-11,16-17,28-29,34-35H,12-15,18-19H2,1-3H3,(H,36,39). The second-order valence-corrected chi connectivity index (χ2v) is 12.3. The molecule has 3 N–H and O–H groups in total. The van der Waals surface area contributed by atoms with E-state index in [1.54, 1.807) is 26.8 Å². The summed E-state index contributed by atoms with van der Waals surface area (Å²) in [6, 6.07) is 19.4. The molecule has 0 radical (unpaired) electrons. The van der Waals surface area contributed by atoms with E-state index in [2.05, 4.69) is 16.1 Å². The maximum Gasteiger partial charge on any atom is 0.426 e. The van der Waals surface area contributed by atoms with Crippen LogP contribution in [-0.4, -0.2) is 62.0 Å². The number of ether oxygens (including phenoxy) is 4. The third-order valence-corrected chi connectivity index (χ3v) is 8.30. The molecule has 2 saturated heterocycles.